The predicted octanol–water partition coefficient (Wildman–Crippen LogP) is -3.48. The molecule has 35 heteroatoms. The molecule has 0 aliphatic carbocycles. The van der Waals surface area contributed by atoms with Crippen LogP contribution in [0.25, 0.3) is 21.1 Å². The van der Waals surface area contributed by atoms with Crippen molar-refractivity contribution < 1.29 is 103 Å². The number of piperazine rings is 1. The number of aliphatic hydroxyl groups is 8. The van der Waals surface area contributed by atoms with E-state index in [1.807, 2.05) is 12.1 Å². The van der Waals surface area contributed by atoms with Crippen LogP contribution in [0.2, 0.25) is 0 Å². The van der Waals surface area contributed by atoms with Crippen molar-refractivity contribution in [1.82, 2.24) is 56.8 Å². The Kier molecular flexibility index (Phi) is 26.3. The maximum Gasteiger partial charge on any atom is 0.261 e. The van der Waals surface area contributed by atoms with Gasteiger partial charge in [-0.05, 0) is 86.8 Å². The highest BCUT2D eigenvalue weighted by atomic mass is 32.2. The van der Waals surface area contributed by atoms with E-state index < -0.39 is 184 Å². The SMILES string of the molecule is C[C@@H](O)[C@@H]1NC(=O)C(NC(=O)c2ccc(-c3nnc(-c4ccc(N5CCN(C6CCOCC6)CC5)cc4)s3)cc2)C[C@@H](O)CNC(=O)[C@@H]2[C@@H](O)[C@@H](C)CN2C(=O)[C@H]([C@H](O)CCNC(CO)CO)NC(=O)[C@H]([C@H](O)Cc2ccc(O)c(OSOOO)c2)NC(=O)[C@@H]2C[C@@H](O)CN2C1=O. The second kappa shape index (κ2) is 34.5. The van der Waals surface area contributed by atoms with E-state index >= 15 is 0 Å². The molecular formula is C62H84N12O21S2. The summed E-state index contributed by atoms with van der Waals surface area (Å²) in [6.07, 6.45) is -10.6. The van der Waals surface area contributed by atoms with Crippen LogP contribution in [0.4, 0.5) is 5.69 Å². The van der Waals surface area contributed by atoms with E-state index in [4.69, 9.17) is 14.2 Å². The third-order valence-corrected chi connectivity index (χ3v) is 19.4. The van der Waals surface area contributed by atoms with Crippen LogP contribution in [-0.2, 0) is 49.3 Å². The lowest BCUT2D eigenvalue weighted by Gasteiger charge is -2.41. The van der Waals surface area contributed by atoms with Crippen LogP contribution in [-0.4, -0.2) is 281 Å². The number of carbonyl (C=O) groups excluding carboxylic acids is 7. The van der Waals surface area contributed by atoms with Gasteiger partial charge in [0.05, 0.1) is 55.9 Å². The third kappa shape index (κ3) is 18.7. The number of nitrogens with one attached hydrogen (secondary N) is 6. The average Bonchev–Trinajstić information content (AvgIpc) is 1.66. The van der Waals surface area contributed by atoms with Gasteiger partial charge in [0.15, 0.2) is 11.5 Å². The number of fused-ring (bicyclic) bond motifs is 2. The molecule has 16 N–H and O–H groups in total. The molecule has 5 saturated heterocycles. The van der Waals surface area contributed by atoms with Gasteiger partial charge in [0, 0.05) is 113 Å². The predicted molar refractivity (Wildman–Crippen MR) is 345 cm³/mol. The molecule has 0 spiro atoms. The number of nitrogens with zero attached hydrogens (tertiary/aromatic N) is 6. The summed E-state index contributed by atoms with van der Waals surface area (Å²) in [4.78, 5) is 109. The molecule has 5 aliphatic heterocycles. The molecule has 7 amide bonds. The summed E-state index contributed by atoms with van der Waals surface area (Å²) in [7, 11) is 0. The van der Waals surface area contributed by atoms with Crippen molar-refractivity contribution in [3.05, 3.63) is 77.9 Å². The molecule has 5 aliphatic rings. The number of amides is 7. The number of rotatable bonds is 21. The fourth-order valence-corrected chi connectivity index (χ4v) is 13.7. The van der Waals surface area contributed by atoms with Crippen LogP contribution in [0.15, 0.2) is 66.7 Å². The molecule has 6 heterocycles. The molecule has 13 atom stereocenters. The van der Waals surface area contributed by atoms with Gasteiger partial charge in [-0.1, -0.05) is 45.8 Å². The van der Waals surface area contributed by atoms with Gasteiger partial charge in [-0.2, -0.15) is 0 Å². The number of hydrogen-bond acceptors (Lipinski definition) is 28. The van der Waals surface area contributed by atoms with Gasteiger partial charge in [-0.3, -0.25) is 38.5 Å². The van der Waals surface area contributed by atoms with E-state index in [2.05, 4.69) is 73.4 Å². The van der Waals surface area contributed by atoms with E-state index in [1.165, 1.54) is 42.5 Å². The highest BCUT2D eigenvalue weighted by Crippen LogP contribution is 2.34. The third-order valence-electron chi connectivity index (χ3n) is 18.0. The van der Waals surface area contributed by atoms with Gasteiger partial charge in [0.1, 0.15) is 46.3 Å². The minimum absolute atomic E-state index is 0.0178. The van der Waals surface area contributed by atoms with Gasteiger partial charge < -0.3 is 101 Å². The lowest BCUT2D eigenvalue weighted by atomic mass is 9.98. The van der Waals surface area contributed by atoms with Crippen LogP contribution >= 0.6 is 23.7 Å². The second-order valence-electron chi connectivity index (χ2n) is 24.8. The van der Waals surface area contributed by atoms with Crippen molar-refractivity contribution >= 4 is 70.7 Å². The Morgan fingerprint density at radius 3 is 2.05 bits per heavy atom. The summed E-state index contributed by atoms with van der Waals surface area (Å²) in [6, 6.07) is 6.08. The van der Waals surface area contributed by atoms with Crippen molar-refractivity contribution in [3.8, 4) is 32.6 Å². The summed E-state index contributed by atoms with van der Waals surface area (Å²) in [6.45, 7) is 5.06. The maximum atomic E-state index is 15.0. The number of β-amino-alcohol motifs (C(OH)–C–C–N with tert-alkyl or cyclic N) is 1. The average molecular weight is 1400 g/mol. The number of aromatic nitrogens is 2. The molecule has 33 nitrogen and oxygen atoms in total. The van der Waals surface area contributed by atoms with Gasteiger partial charge >= 0.3 is 0 Å². The van der Waals surface area contributed by atoms with Crippen molar-refractivity contribution in [2.24, 2.45) is 5.92 Å². The molecule has 5 fully saturated rings. The Balaban J connectivity index is 0.970. The van der Waals surface area contributed by atoms with Crippen LogP contribution in [0.5, 0.6) is 11.5 Å². The molecule has 0 radical (unpaired) electrons. The minimum Gasteiger partial charge on any atom is -0.504 e. The monoisotopic (exact) mass is 1400 g/mol. The Hall–Kier alpha value is -7.30. The van der Waals surface area contributed by atoms with E-state index in [0.717, 1.165) is 86.3 Å². The second-order valence-corrected chi connectivity index (χ2v) is 26.2. The van der Waals surface area contributed by atoms with Crippen LogP contribution in [0.1, 0.15) is 61.9 Å². The first-order chi connectivity index (χ1) is 46.5. The molecule has 4 aromatic rings. The standard InChI is InChI=1S/C62H84N12O21S2/c1-32-28-74-52(53(32)83)58(88)64-27-41(78)25-43(65-54(84)35-4-6-36(7-5-35)59-69-70-60(96-59)37-8-10-39(11-9-37)71-17-19-72(20-18-71)40-14-21-92-22-15-40)55(85)66-49(33(2)77)61(89)73-29-42(79)26-44(73)56(86)67-50(47(82)23-34-3-12-45(80)48(24-34)93-97-95-94-91)57(87)68-51(62(74)90)46(81)13-16-63-38(30-75)31-76/h3-12,24,32-33,38,40-44,46-47,49-53,63,75-83,91H,13-23,25-31H2,1-2H3,(H,64,88)(H,65,84)(H,66,85)(H,67,86)(H,68,87)/t32-,33+,41+,42+,43?,44-,46+,47+,49-,50-,51-,52-,53-/m0/s1. The molecule has 1 aromatic heterocycles. The van der Waals surface area contributed by atoms with Crippen molar-refractivity contribution in [2.45, 2.75) is 137 Å². The lowest BCUT2D eigenvalue weighted by Crippen LogP contribution is -2.64. The number of carbonyl (C=O) groups is 7. The van der Waals surface area contributed by atoms with Gasteiger partial charge in [0.2, 0.25) is 35.4 Å². The van der Waals surface area contributed by atoms with Crippen molar-refractivity contribution in [3.63, 3.8) is 0 Å². The topological polar surface area (TPSA) is 470 Å². The summed E-state index contributed by atoms with van der Waals surface area (Å²) in [5.74, 6) is -9.60. The largest absolute Gasteiger partial charge is 0.504 e. The number of phenolic OH excluding ortho intramolecular Hbond substituents is 1. The van der Waals surface area contributed by atoms with E-state index in [-0.39, 0.29) is 42.3 Å². The summed E-state index contributed by atoms with van der Waals surface area (Å²) >= 11 is 1.40. The first-order valence-corrected chi connectivity index (χ1v) is 33.4. The van der Waals surface area contributed by atoms with E-state index in [1.54, 1.807) is 12.1 Å². The van der Waals surface area contributed by atoms with Crippen molar-refractivity contribution in [1.29, 1.82) is 0 Å². The Labute approximate surface area is 565 Å². The summed E-state index contributed by atoms with van der Waals surface area (Å²) in [5, 5.41) is 136. The molecule has 1 unspecified atom stereocenters. The van der Waals surface area contributed by atoms with Gasteiger partial charge in [0.25, 0.3) is 18.2 Å². The molecule has 0 bridgehead atoms. The zero-order valence-electron chi connectivity index (χ0n) is 53.2. The zero-order chi connectivity index (χ0) is 69.6. The number of benzene rings is 3. The Bertz CT molecular complexity index is 3330. The zero-order valence-corrected chi connectivity index (χ0v) is 54.8. The molecule has 0 saturated carbocycles. The highest BCUT2D eigenvalue weighted by molar-refractivity contribution is 7.90. The molecule has 9 rings (SSSR count). The smallest absolute Gasteiger partial charge is 0.261 e. The summed E-state index contributed by atoms with van der Waals surface area (Å²) in [5.41, 5.74) is 2.68. The summed E-state index contributed by atoms with van der Waals surface area (Å²) < 4.78 is 14.9. The fraction of sp³-hybridized carbons (Fsp3) is 0.565. The number of hydrogen-bond donors (Lipinski definition) is 16. The maximum absolute atomic E-state index is 15.0. The van der Waals surface area contributed by atoms with Crippen LogP contribution < -0.4 is 41.0 Å². The number of aromatic hydroxyl groups is 1. The number of ether oxygens (including phenoxy) is 1. The quantitative estimate of drug-likeness (QED) is 0.0167. The Morgan fingerprint density at radius 2 is 1.40 bits per heavy atom. The normalized spacial score (nSPS) is 26.5. The van der Waals surface area contributed by atoms with Gasteiger partial charge in [-0.25, -0.2) is 5.26 Å². The van der Waals surface area contributed by atoms with E-state index in [9.17, 15) is 79.5 Å². The number of phenols is 1. The van der Waals surface area contributed by atoms with Crippen LogP contribution in [0, 0.1) is 5.92 Å². The fourth-order valence-electron chi connectivity index (χ4n) is 12.6. The molecule has 97 heavy (non-hydrogen) atoms. The van der Waals surface area contributed by atoms with Crippen molar-refractivity contribution in [2.75, 3.05) is 83.7 Å². The van der Waals surface area contributed by atoms with Gasteiger partial charge in [-0.15, -0.1) is 10.2 Å². The van der Waals surface area contributed by atoms with E-state index in [0.29, 0.717) is 21.6 Å². The minimum atomic E-state index is -2.16. The lowest BCUT2D eigenvalue weighted by molar-refractivity contribution is -0.433. The number of anilines is 1. The molecular weight excluding hydrogens is 1310 g/mol. The Morgan fingerprint density at radius 1 is 0.763 bits per heavy atom. The highest BCUT2D eigenvalue weighted by Gasteiger charge is 2.50. The number of aliphatic hydroxyl groups excluding tert-OH is 8. The first kappa shape index (κ1) is 73.9. The molecule has 3 aromatic carbocycles. The molecule has 530 valence electrons. The first-order valence-electron chi connectivity index (χ1n) is 31.9. The van der Waals surface area contributed by atoms with Crippen LogP contribution in [0.3, 0.4) is 0 Å².